The maximum Gasteiger partial charge on any atom is 0.241 e. The molecule has 2 aliphatic carbocycles. The molecule has 0 spiro atoms. The summed E-state index contributed by atoms with van der Waals surface area (Å²) in [5, 5.41) is 3.10. The van der Waals surface area contributed by atoms with E-state index in [1.165, 1.54) is 18.2 Å². The third-order valence-corrected chi connectivity index (χ3v) is 19.0. The van der Waals surface area contributed by atoms with Gasteiger partial charge in [0.05, 0.1) is 31.7 Å². The molecule has 4 aromatic rings. The van der Waals surface area contributed by atoms with E-state index < -0.39 is 50.1 Å². The van der Waals surface area contributed by atoms with E-state index in [1.807, 2.05) is 72.8 Å². The van der Waals surface area contributed by atoms with E-state index in [0.717, 1.165) is 92.6 Å². The SMILES string of the molecule is CCN(CC)c1ccc2c(-c3ccc(S(=O)(=O)NCCN)cc3S(=O)(=O)[O-])c3ccc(=[N+](CC)CC)cc-3oc2c1.CCN(CC)c1ccc2c(-c3ccc(S(=O)(=O)[O-])cc3S(=O)(=O)NCCN)c3ccc(=[N+](CC)CC)cc-3oc2c1. The zero-order valence-electron chi connectivity index (χ0n) is 47.4. The van der Waals surface area contributed by atoms with Gasteiger partial charge in [0.1, 0.15) is 69.1 Å². The molecular weight excluding hydrogens is 1130 g/mol. The first-order valence-corrected chi connectivity index (χ1v) is 33.0. The van der Waals surface area contributed by atoms with E-state index in [9.17, 15) is 42.8 Å². The Labute approximate surface area is 480 Å². The van der Waals surface area contributed by atoms with Crippen LogP contribution in [0.2, 0.25) is 0 Å². The summed E-state index contributed by atoms with van der Waals surface area (Å²) in [5.74, 6) is 1.04. The van der Waals surface area contributed by atoms with Crippen molar-refractivity contribution in [2.45, 2.75) is 75.0 Å². The highest BCUT2D eigenvalue weighted by Crippen LogP contribution is 2.45. The summed E-state index contributed by atoms with van der Waals surface area (Å²) in [4.78, 5) is 2.38. The average molecular weight is 1200 g/mol. The first kappa shape index (κ1) is 63.0. The quantitative estimate of drug-likeness (QED) is 0.0343. The van der Waals surface area contributed by atoms with Gasteiger partial charge in [0, 0.05) is 132 Å². The van der Waals surface area contributed by atoms with E-state index in [1.54, 1.807) is 0 Å². The number of nitrogens with zero attached hydrogens (tertiary/aromatic N) is 4. The van der Waals surface area contributed by atoms with Crippen molar-refractivity contribution in [3.05, 3.63) is 120 Å². The Bertz CT molecular complexity index is 4180. The van der Waals surface area contributed by atoms with Gasteiger partial charge >= 0.3 is 0 Å². The molecule has 6 N–H and O–H groups in total. The minimum Gasteiger partial charge on any atom is -0.744 e. The zero-order valence-corrected chi connectivity index (χ0v) is 50.6. The second-order valence-electron chi connectivity index (χ2n) is 19.0. The summed E-state index contributed by atoms with van der Waals surface area (Å²) < 4.78 is 148. The number of sulfonamides is 2. The van der Waals surface area contributed by atoms with Gasteiger partial charge in [-0.3, -0.25) is 0 Å². The van der Waals surface area contributed by atoms with Gasteiger partial charge in [-0.05, 0) is 116 Å². The fourth-order valence-electron chi connectivity index (χ4n) is 10.2. The van der Waals surface area contributed by atoms with Crippen LogP contribution in [0.25, 0.3) is 66.8 Å². The van der Waals surface area contributed by atoms with Crippen LogP contribution in [-0.4, -0.2) is 121 Å². The Hall–Kier alpha value is -6.58. The van der Waals surface area contributed by atoms with Crippen molar-refractivity contribution in [3.8, 4) is 44.9 Å². The van der Waals surface area contributed by atoms with Crippen LogP contribution in [-0.2, 0) is 40.3 Å². The lowest BCUT2D eigenvalue weighted by Crippen LogP contribution is -2.30. The minimum absolute atomic E-state index is 0.0342. The second kappa shape index (κ2) is 26.3. The number of anilines is 2. The summed E-state index contributed by atoms with van der Waals surface area (Å²) in [6, 6.07) is 29.8. The van der Waals surface area contributed by atoms with Gasteiger partial charge in [0.15, 0.2) is 0 Å². The summed E-state index contributed by atoms with van der Waals surface area (Å²) in [6.07, 6.45) is 0. The number of nitrogens with two attached hydrogens (primary N) is 2. The Morgan fingerprint density at radius 2 is 0.841 bits per heavy atom. The lowest BCUT2D eigenvalue weighted by molar-refractivity contribution is 0.460. The number of hydrogen-bond donors (Lipinski definition) is 4. The van der Waals surface area contributed by atoms with Crippen LogP contribution in [0.1, 0.15) is 55.4 Å². The van der Waals surface area contributed by atoms with Crippen molar-refractivity contribution in [3.63, 3.8) is 0 Å². The van der Waals surface area contributed by atoms with Gasteiger partial charge < -0.3 is 39.2 Å². The van der Waals surface area contributed by atoms with Crippen molar-refractivity contribution < 1.29 is 51.6 Å². The third kappa shape index (κ3) is 13.4. The molecule has 2 heterocycles. The summed E-state index contributed by atoms with van der Waals surface area (Å²) in [7, 11) is -18.4. The number of benzene rings is 6. The first-order valence-electron chi connectivity index (χ1n) is 27.2. The lowest BCUT2D eigenvalue weighted by Gasteiger charge is -2.23. The van der Waals surface area contributed by atoms with E-state index in [-0.39, 0.29) is 47.1 Å². The van der Waals surface area contributed by atoms with Crippen molar-refractivity contribution in [1.29, 1.82) is 0 Å². The van der Waals surface area contributed by atoms with Crippen LogP contribution in [0.15, 0.2) is 138 Å². The maximum atomic E-state index is 13.5. The van der Waals surface area contributed by atoms with Gasteiger partial charge in [-0.1, -0.05) is 12.1 Å². The zero-order chi connectivity index (χ0) is 59.9. The molecular formula is C58H72N8O12S4. The van der Waals surface area contributed by atoms with Crippen LogP contribution in [0, 0.1) is 0 Å². The molecule has 2 aliphatic heterocycles. The van der Waals surface area contributed by atoms with Gasteiger partial charge in [0.2, 0.25) is 30.8 Å². The Kier molecular flexibility index (Phi) is 20.2. The molecule has 0 unspecified atom stereocenters. The van der Waals surface area contributed by atoms with Gasteiger partial charge in [-0.2, -0.15) is 0 Å². The highest BCUT2D eigenvalue weighted by atomic mass is 32.2. The van der Waals surface area contributed by atoms with Gasteiger partial charge in [0.25, 0.3) is 0 Å². The molecule has 0 saturated heterocycles. The first-order chi connectivity index (χ1) is 39.0. The molecule has 0 radical (unpaired) electrons. The molecule has 0 aromatic heterocycles. The lowest BCUT2D eigenvalue weighted by atomic mass is 9.93. The fourth-order valence-corrected chi connectivity index (χ4v) is 13.9. The van der Waals surface area contributed by atoms with Crippen LogP contribution >= 0.6 is 0 Å². The molecule has 82 heavy (non-hydrogen) atoms. The monoisotopic (exact) mass is 1200 g/mol. The van der Waals surface area contributed by atoms with Crippen LogP contribution in [0.5, 0.6) is 0 Å². The van der Waals surface area contributed by atoms with E-state index in [4.69, 9.17) is 20.3 Å². The predicted molar refractivity (Wildman–Crippen MR) is 321 cm³/mol. The van der Waals surface area contributed by atoms with Crippen molar-refractivity contribution in [1.82, 2.24) is 18.6 Å². The van der Waals surface area contributed by atoms with E-state index >= 15 is 0 Å². The molecule has 0 amide bonds. The number of hydrogen-bond acceptors (Lipinski definition) is 16. The highest BCUT2D eigenvalue weighted by Gasteiger charge is 2.28. The average Bonchev–Trinajstić information content (AvgIpc) is 1.92. The largest absolute Gasteiger partial charge is 0.744 e. The maximum absolute atomic E-state index is 13.5. The summed E-state index contributed by atoms with van der Waals surface area (Å²) in [6.45, 7) is 22.7. The van der Waals surface area contributed by atoms with Gasteiger partial charge in [-0.25, -0.2) is 52.3 Å². The number of rotatable bonds is 22. The Balaban J connectivity index is 0.000000236. The molecule has 0 fully saturated rings. The van der Waals surface area contributed by atoms with Crippen molar-refractivity contribution in [2.24, 2.45) is 11.5 Å². The smallest absolute Gasteiger partial charge is 0.241 e. The van der Waals surface area contributed by atoms with Crippen molar-refractivity contribution in [2.75, 3.05) is 88.3 Å². The van der Waals surface area contributed by atoms with Crippen LogP contribution < -0.4 is 50.6 Å². The van der Waals surface area contributed by atoms with Crippen molar-refractivity contribution >= 4 is 73.6 Å². The summed E-state index contributed by atoms with van der Waals surface area (Å²) in [5.41, 5.74) is 16.4. The fraction of sp³-hybridized carbons (Fsp3) is 0.345. The van der Waals surface area contributed by atoms with E-state index in [0.29, 0.717) is 55.7 Å². The number of fused-ring (bicyclic) bond motifs is 4. The molecule has 0 saturated carbocycles. The molecule has 20 nitrogen and oxygen atoms in total. The number of nitrogens with one attached hydrogen (secondary N) is 2. The molecule has 0 atom stereocenters. The third-order valence-electron chi connectivity index (χ3n) is 14.4. The molecule has 8 rings (SSSR count). The van der Waals surface area contributed by atoms with Crippen LogP contribution in [0.4, 0.5) is 11.4 Å². The second-order valence-corrected chi connectivity index (χ2v) is 25.2. The molecule has 4 aromatic carbocycles. The molecule has 440 valence electrons. The molecule has 0 bridgehead atoms. The topological polar surface area (TPSA) is 298 Å². The minimum atomic E-state index is -5.10. The highest BCUT2D eigenvalue weighted by molar-refractivity contribution is 7.90. The Morgan fingerprint density at radius 3 is 1.23 bits per heavy atom. The predicted octanol–water partition coefficient (Wildman–Crippen LogP) is 6.01. The van der Waals surface area contributed by atoms with E-state index in [2.05, 4.69) is 83.8 Å². The Morgan fingerprint density at radius 1 is 0.451 bits per heavy atom. The normalized spacial score (nSPS) is 12.2. The summed E-state index contributed by atoms with van der Waals surface area (Å²) >= 11 is 0. The molecule has 24 heteroatoms. The van der Waals surface area contributed by atoms with Gasteiger partial charge in [-0.15, -0.1) is 0 Å². The van der Waals surface area contributed by atoms with Crippen LogP contribution in [0.3, 0.4) is 0 Å². The standard InChI is InChI=1S/2C29H36N4O6S2/c1-5-32(6-2)20-9-12-23-26(17-20)39-27-18-21(33(7-3)8-4)10-13-24(27)29(23)25-14-11-22(41(36,37)38)19-28(25)40(34,35)31-16-15-30;1-5-32(6-2)20-9-12-23-26(17-20)39-27-18-21(33(7-3)8-4)10-13-24(27)29(23)25-14-11-22(19-28(25)41(36,37)38)40(34,35)31-16-15-30/h2*9-14,17-19,31H,5-8,15-16,30H2,1-4H3. The molecule has 4 aliphatic rings.